The monoisotopic (exact) mass is 483 g/mol. The maximum absolute atomic E-state index is 13.0. The Morgan fingerprint density at radius 3 is 2.59 bits per heavy atom. The highest BCUT2D eigenvalue weighted by Crippen LogP contribution is 2.30. The van der Waals surface area contributed by atoms with Crippen LogP contribution >= 0.6 is 11.6 Å². The Morgan fingerprint density at radius 2 is 1.85 bits per heavy atom. The predicted molar refractivity (Wildman–Crippen MR) is 128 cm³/mol. The molecule has 0 atom stereocenters. The molecule has 0 spiro atoms. The molecule has 0 unspecified atom stereocenters. The molecule has 2 heterocycles. The molecule has 1 fully saturated rings. The summed E-state index contributed by atoms with van der Waals surface area (Å²) < 4.78 is 11.9. The van der Waals surface area contributed by atoms with Gasteiger partial charge in [-0.3, -0.25) is 19.8 Å². The number of benzene rings is 2. The quantitative estimate of drug-likeness (QED) is 0.226. The molecule has 1 amide bonds. The summed E-state index contributed by atoms with van der Waals surface area (Å²) in [5.41, 5.74) is 0.298. The zero-order valence-corrected chi connectivity index (χ0v) is 19.4. The van der Waals surface area contributed by atoms with Gasteiger partial charge in [-0.1, -0.05) is 35.9 Å². The van der Waals surface area contributed by atoms with Crippen molar-refractivity contribution < 1.29 is 23.8 Å². The molecule has 3 aromatic rings. The molecule has 0 bridgehead atoms. The minimum absolute atomic E-state index is 0.0809. The maximum atomic E-state index is 13.0. The first-order chi connectivity index (χ1) is 16.4. The standard InChI is InChI=1S/C24H23ClN4O5/c1-28(32)19-7-9-21(25)26-23(19)27-24(31)22(30)18-6-8-20(17-5-3-2-4-16(17)18)34-15-12-29-10-13-33-14-11-29/h2-9H,10-15H2,1H3/p+1. The number of pyridine rings is 1. The van der Waals surface area contributed by atoms with E-state index < -0.39 is 11.7 Å². The number of rotatable bonds is 8. The van der Waals surface area contributed by atoms with Crippen molar-refractivity contribution in [2.24, 2.45) is 0 Å². The first-order valence-electron chi connectivity index (χ1n) is 10.8. The van der Waals surface area contributed by atoms with Crippen molar-refractivity contribution in [3.8, 4) is 5.75 Å². The lowest BCUT2D eigenvalue weighted by Gasteiger charge is -2.26. The van der Waals surface area contributed by atoms with Crippen molar-refractivity contribution >= 4 is 45.6 Å². The topological polar surface area (TPSA) is 101 Å². The number of morpholine rings is 1. The van der Waals surface area contributed by atoms with Gasteiger partial charge in [0.1, 0.15) is 17.5 Å². The number of halogens is 1. The van der Waals surface area contributed by atoms with Gasteiger partial charge in [0.2, 0.25) is 5.82 Å². The van der Waals surface area contributed by atoms with E-state index >= 15 is 0 Å². The third kappa shape index (κ3) is 5.39. The van der Waals surface area contributed by atoms with Gasteiger partial charge in [-0.05, 0) is 23.6 Å². The third-order valence-electron chi connectivity index (χ3n) is 5.51. The Balaban J connectivity index is 1.53. The van der Waals surface area contributed by atoms with E-state index in [1.807, 2.05) is 12.1 Å². The normalized spacial score (nSPS) is 14.1. The van der Waals surface area contributed by atoms with Crippen LogP contribution in [0, 0.1) is 4.91 Å². The second kappa shape index (κ2) is 10.7. The third-order valence-corrected chi connectivity index (χ3v) is 5.73. The van der Waals surface area contributed by atoms with E-state index in [1.165, 1.54) is 19.2 Å². The second-order valence-corrected chi connectivity index (χ2v) is 8.13. The van der Waals surface area contributed by atoms with Crippen LogP contribution in [0.5, 0.6) is 5.75 Å². The minimum atomic E-state index is -0.927. The first-order valence-corrected chi connectivity index (χ1v) is 11.2. The van der Waals surface area contributed by atoms with Crippen LogP contribution in [0.3, 0.4) is 0 Å². The van der Waals surface area contributed by atoms with Crippen LogP contribution in [0.1, 0.15) is 10.4 Å². The Labute approximate surface area is 201 Å². The highest BCUT2D eigenvalue weighted by Gasteiger charge is 2.25. The minimum Gasteiger partial charge on any atom is -0.492 e. The smallest absolute Gasteiger partial charge is 0.298 e. The number of hydrogen-bond donors (Lipinski definition) is 1. The van der Waals surface area contributed by atoms with E-state index in [0.29, 0.717) is 22.5 Å². The Bertz CT molecular complexity index is 1240. The summed E-state index contributed by atoms with van der Waals surface area (Å²) in [7, 11) is 1.26. The van der Waals surface area contributed by atoms with Crippen LogP contribution < -0.4 is 10.1 Å². The van der Waals surface area contributed by atoms with Gasteiger partial charge in [0.15, 0.2) is 7.05 Å². The van der Waals surface area contributed by atoms with Gasteiger partial charge in [-0.25, -0.2) is 4.98 Å². The number of nitrogens with one attached hydrogen (secondary N) is 1. The number of ketones is 1. The number of carbonyl (C=O) groups is 2. The number of nitroso groups, excluding NO2 is 1. The number of anilines is 1. The Morgan fingerprint density at radius 1 is 1.12 bits per heavy atom. The lowest BCUT2D eigenvalue weighted by Crippen LogP contribution is -2.38. The number of hydrogen-bond acceptors (Lipinski definition) is 7. The predicted octanol–water partition coefficient (Wildman–Crippen LogP) is 3.46. The van der Waals surface area contributed by atoms with Gasteiger partial charge >= 0.3 is 0 Å². The Hall–Kier alpha value is -3.40. The van der Waals surface area contributed by atoms with Crippen molar-refractivity contribution in [1.82, 2.24) is 9.88 Å². The molecule has 1 saturated heterocycles. The molecule has 1 N–H and O–H groups in total. The molecule has 0 aliphatic carbocycles. The molecule has 1 aliphatic rings. The summed E-state index contributed by atoms with van der Waals surface area (Å²) in [6, 6.07) is 13.3. The summed E-state index contributed by atoms with van der Waals surface area (Å²) in [5, 5.41) is 3.80. The summed E-state index contributed by atoms with van der Waals surface area (Å²) in [5.74, 6) is -1.15. The molecular formula is C24H24ClN4O5+. The number of carbonyl (C=O) groups excluding carboxylic acids is 2. The van der Waals surface area contributed by atoms with Gasteiger partial charge < -0.3 is 9.47 Å². The van der Waals surface area contributed by atoms with Crippen molar-refractivity contribution in [2.75, 3.05) is 51.8 Å². The fraction of sp³-hybridized carbons (Fsp3) is 0.292. The number of fused-ring (bicyclic) bond motifs is 1. The highest BCUT2D eigenvalue weighted by molar-refractivity contribution is 6.48. The number of aromatic nitrogens is 1. The molecule has 9 nitrogen and oxygen atoms in total. The molecule has 10 heteroatoms. The molecule has 0 saturated carbocycles. The van der Waals surface area contributed by atoms with Gasteiger partial charge in [-0.2, -0.15) is 0 Å². The Kier molecular flexibility index (Phi) is 7.46. The zero-order valence-electron chi connectivity index (χ0n) is 18.6. The maximum Gasteiger partial charge on any atom is 0.298 e. The number of ether oxygens (including phenoxy) is 2. The van der Waals surface area contributed by atoms with Crippen molar-refractivity contribution in [2.45, 2.75) is 0 Å². The largest absolute Gasteiger partial charge is 0.492 e. The summed E-state index contributed by atoms with van der Waals surface area (Å²) in [6.07, 6.45) is 0. The van der Waals surface area contributed by atoms with Crippen LogP contribution in [0.25, 0.3) is 10.8 Å². The fourth-order valence-corrected chi connectivity index (χ4v) is 3.91. The lowest BCUT2D eigenvalue weighted by molar-refractivity contribution is -0.427. The van der Waals surface area contributed by atoms with E-state index in [2.05, 4.69) is 15.2 Å². The zero-order chi connectivity index (χ0) is 24.1. The summed E-state index contributed by atoms with van der Waals surface area (Å²) in [4.78, 5) is 43.8. The highest BCUT2D eigenvalue weighted by atomic mass is 35.5. The number of amides is 1. The molecule has 1 aromatic heterocycles. The van der Waals surface area contributed by atoms with Gasteiger partial charge in [0.05, 0.1) is 13.2 Å². The fourth-order valence-electron chi connectivity index (χ4n) is 3.77. The lowest BCUT2D eigenvalue weighted by atomic mass is 10.00. The van der Waals surface area contributed by atoms with E-state index in [4.69, 9.17) is 21.1 Å². The van der Waals surface area contributed by atoms with Crippen molar-refractivity contribution in [3.63, 3.8) is 0 Å². The molecule has 4 rings (SSSR count). The van der Waals surface area contributed by atoms with Crippen molar-refractivity contribution in [1.29, 1.82) is 0 Å². The first kappa shape index (κ1) is 23.7. The van der Waals surface area contributed by atoms with Crippen LogP contribution in [-0.2, 0) is 9.53 Å². The second-order valence-electron chi connectivity index (χ2n) is 7.74. The van der Waals surface area contributed by atoms with E-state index in [0.717, 1.165) is 38.2 Å². The molecule has 34 heavy (non-hydrogen) atoms. The SMILES string of the molecule is C[N+](=O)c1ccc(Cl)nc1NC(=O)C(=O)c1ccc(OCCN2CCOCC2)c2ccccc12. The number of Topliss-reactive ketones (excluding diaryl/α,β-unsaturated/α-hetero) is 1. The molecule has 0 radical (unpaired) electrons. The van der Waals surface area contributed by atoms with Gasteiger partial charge in [-0.15, -0.1) is 0 Å². The van der Waals surface area contributed by atoms with E-state index in [9.17, 15) is 14.5 Å². The average molecular weight is 484 g/mol. The molecule has 176 valence electrons. The number of nitrogens with zero attached hydrogens (tertiary/aromatic N) is 3. The van der Waals surface area contributed by atoms with Crippen LogP contribution in [0.2, 0.25) is 5.15 Å². The molecule has 2 aromatic carbocycles. The van der Waals surface area contributed by atoms with Crippen LogP contribution in [-0.4, -0.2) is 72.8 Å². The molecular weight excluding hydrogens is 460 g/mol. The van der Waals surface area contributed by atoms with Gasteiger partial charge in [0.25, 0.3) is 17.4 Å². The van der Waals surface area contributed by atoms with E-state index in [-0.39, 0.29) is 22.2 Å². The van der Waals surface area contributed by atoms with Crippen LogP contribution in [0.15, 0.2) is 48.5 Å². The van der Waals surface area contributed by atoms with Crippen LogP contribution in [0.4, 0.5) is 11.5 Å². The average Bonchev–Trinajstić information content (AvgIpc) is 2.84. The van der Waals surface area contributed by atoms with Crippen molar-refractivity contribution in [3.05, 3.63) is 64.2 Å². The van der Waals surface area contributed by atoms with E-state index in [1.54, 1.807) is 24.3 Å². The molecule has 1 aliphatic heterocycles. The summed E-state index contributed by atoms with van der Waals surface area (Å²) in [6.45, 7) is 4.45. The summed E-state index contributed by atoms with van der Waals surface area (Å²) >= 11 is 5.90. The van der Waals surface area contributed by atoms with Gasteiger partial charge in [0, 0.05) is 46.3 Å².